The minimum atomic E-state index is 0.226. The van der Waals surface area contributed by atoms with Crippen molar-refractivity contribution in [3.8, 4) is 0 Å². The molecule has 0 atom stereocenters. The van der Waals surface area contributed by atoms with Crippen LogP contribution in [0.4, 0.5) is 0 Å². The number of amides is 1. The van der Waals surface area contributed by atoms with Crippen LogP contribution in [0.2, 0.25) is 0 Å². The predicted molar refractivity (Wildman–Crippen MR) is 87.1 cm³/mol. The van der Waals surface area contributed by atoms with Crippen molar-refractivity contribution in [3.05, 3.63) is 0 Å². The second-order valence-electron chi connectivity index (χ2n) is 6.81. The van der Waals surface area contributed by atoms with E-state index in [4.69, 9.17) is 5.73 Å². The zero-order valence-corrected chi connectivity index (χ0v) is 13.5. The monoisotopic (exact) mass is 295 g/mol. The number of nitrogens with zero attached hydrogens (tertiary/aromatic N) is 1. The molecule has 2 aliphatic carbocycles. The van der Waals surface area contributed by atoms with E-state index in [-0.39, 0.29) is 5.91 Å². The molecule has 0 aromatic carbocycles. The zero-order chi connectivity index (χ0) is 14.9. The van der Waals surface area contributed by atoms with Crippen molar-refractivity contribution in [2.24, 2.45) is 5.73 Å². The molecule has 0 radical (unpaired) electrons. The van der Waals surface area contributed by atoms with Crippen molar-refractivity contribution in [2.45, 2.75) is 82.7 Å². The van der Waals surface area contributed by atoms with Crippen LogP contribution in [0, 0.1) is 0 Å². The highest BCUT2D eigenvalue weighted by molar-refractivity contribution is 5.78. The minimum absolute atomic E-state index is 0.226. The van der Waals surface area contributed by atoms with Gasteiger partial charge < -0.3 is 11.1 Å². The Morgan fingerprint density at radius 2 is 1.62 bits per heavy atom. The van der Waals surface area contributed by atoms with Crippen LogP contribution in [0.15, 0.2) is 0 Å². The van der Waals surface area contributed by atoms with E-state index in [0.29, 0.717) is 25.2 Å². The molecule has 0 unspecified atom stereocenters. The normalized spacial score (nSPS) is 21.6. The fourth-order valence-electron chi connectivity index (χ4n) is 3.84. The van der Waals surface area contributed by atoms with Crippen LogP contribution in [0.25, 0.3) is 0 Å². The molecule has 0 aliphatic heterocycles. The number of hydrogen-bond donors (Lipinski definition) is 2. The average molecular weight is 295 g/mol. The van der Waals surface area contributed by atoms with Gasteiger partial charge in [0.25, 0.3) is 0 Å². The first kappa shape index (κ1) is 16.8. The van der Waals surface area contributed by atoms with Gasteiger partial charge in [0.15, 0.2) is 0 Å². The molecule has 4 nitrogen and oxygen atoms in total. The summed E-state index contributed by atoms with van der Waals surface area (Å²) in [5, 5.41) is 3.25. The second-order valence-corrected chi connectivity index (χ2v) is 6.81. The van der Waals surface area contributed by atoms with E-state index in [1.165, 1.54) is 51.4 Å². The van der Waals surface area contributed by atoms with E-state index >= 15 is 0 Å². The molecular formula is C17H33N3O. The number of carbonyl (C=O) groups excluding carboxylic acids is 1. The maximum absolute atomic E-state index is 12.3. The molecule has 21 heavy (non-hydrogen) atoms. The summed E-state index contributed by atoms with van der Waals surface area (Å²) in [5.74, 6) is 0.226. The SMILES string of the molecule is NCCCN(CC(=O)NC1CCCCC1)C1CCCCC1. The van der Waals surface area contributed by atoms with Crippen LogP contribution in [-0.2, 0) is 4.79 Å². The van der Waals surface area contributed by atoms with E-state index < -0.39 is 0 Å². The molecule has 0 spiro atoms. The second kappa shape index (κ2) is 9.42. The Labute approximate surface area is 129 Å². The molecule has 0 aromatic heterocycles. The Hall–Kier alpha value is -0.610. The first-order valence-electron chi connectivity index (χ1n) is 9.03. The van der Waals surface area contributed by atoms with Crippen LogP contribution >= 0.6 is 0 Å². The average Bonchev–Trinajstić information content (AvgIpc) is 2.53. The summed E-state index contributed by atoms with van der Waals surface area (Å²) in [6.07, 6.45) is 13.7. The summed E-state index contributed by atoms with van der Waals surface area (Å²) in [7, 11) is 0. The molecule has 2 saturated carbocycles. The maximum Gasteiger partial charge on any atom is 0.234 e. The Balaban J connectivity index is 1.79. The van der Waals surface area contributed by atoms with E-state index in [1.54, 1.807) is 0 Å². The molecule has 0 aromatic rings. The summed E-state index contributed by atoms with van der Waals surface area (Å²) >= 11 is 0. The standard InChI is InChI=1S/C17H33N3O/c18-12-7-13-20(16-10-5-2-6-11-16)14-17(21)19-15-8-3-1-4-9-15/h15-16H,1-14,18H2,(H,19,21). The van der Waals surface area contributed by atoms with E-state index in [0.717, 1.165) is 25.8 Å². The van der Waals surface area contributed by atoms with Crippen molar-refractivity contribution in [1.29, 1.82) is 0 Å². The maximum atomic E-state index is 12.3. The van der Waals surface area contributed by atoms with Crippen LogP contribution < -0.4 is 11.1 Å². The minimum Gasteiger partial charge on any atom is -0.352 e. The smallest absolute Gasteiger partial charge is 0.234 e. The Kier molecular flexibility index (Phi) is 7.51. The molecule has 2 fully saturated rings. The van der Waals surface area contributed by atoms with Crippen LogP contribution in [0.3, 0.4) is 0 Å². The van der Waals surface area contributed by atoms with Crippen LogP contribution in [0.1, 0.15) is 70.6 Å². The third kappa shape index (κ3) is 5.95. The quantitative estimate of drug-likeness (QED) is 0.758. The fourth-order valence-corrected chi connectivity index (χ4v) is 3.84. The van der Waals surface area contributed by atoms with Gasteiger partial charge in [-0.2, -0.15) is 0 Å². The van der Waals surface area contributed by atoms with Gasteiger partial charge in [0.2, 0.25) is 5.91 Å². The Bertz CT molecular complexity index is 296. The van der Waals surface area contributed by atoms with Gasteiger partial charge in [-0.15, -0.1) is 0 Å². The third-order valence-corrected chi connectivity index (χ3v) is 5.06. The first-order chi connectivity index (χ1) is 10.3. The van der Waals surface area contributed by atoms with Crippen LogP contribution in [0.5, 0.6) is 0 Å². The molecule has 1 amide bonds. The third-order valence-electron chi connectivity index (χ3n) is 5.06. The van der Waals surface area contributed by atoms with E-state index in [2.05, 4.69) is 10.2 Å². The molecule has 4 heteroatoms. The summed E-state index contributed by atoms with van der Waals surface area (Å²) in [5.41, 5.74) is 5.66. The first-order valence-corrected chi connectivity index (χ1v) is 9.03. The highest BCUT2D eigenvalue weighted by atomic mass is 16.2. The largest absolute Gasteiger partial charge is 0.352 e. The number of hydrogen-bond acceptors (Lipinski definition) is 3. The number of rotatable bonds is 7. The summed E-state index contributed by atoms with van der Waals surface area (Å²) in [6.45, 7) is 2.26. The van der Waals surface area contributed by atoms with Gasteiger partial charge in [-0.3, -0.25) is 9.69 Å². The molecule has 2 rings (SSSR count). The Morgan fingerprint density at radius 3 is 2.24 bits per heavy atom. The van der Waals surface area contributed by atoms with Gasteiger partial charge in [0.05, 0.1) is 6.54 Å². The lowest BCUT2D eigenvalue weighted by molar-refractivity contribution is -0.123. The molecule has 2 aliphatic rings. The number of carbonyl (C=O) groups is 1. The Morgan fingerprint density at radius 1 is 1.00 bits per heavy atom. The summed E-state index contributed by atoms with van der Waals surface area (Å²) in [6, 6.07) is 1.02. The molecule has 122 valence electrons. The van der Waals surface area contributed by atoms with Crippen molar-refractivity contribution in [1.82, 2.24) is 10.2 Å². The number of nitrogens with one attached hydrogen (secondary N) is 1. The van der Waals surface area contributed by atoms with Gasteiger partial charge >= 0.3 is 0 Å². The predicted octanol–water partition coefficient (Wildman–Crippen LogP) is 2.42. The van der Waals surface area contributed by atoms with E-state index in [1.807, 2.05) is 0 Å². The van der Waals surface area contributed by atoms with Gasteiger partial charge in [0, 0.05) is 18.6 Å². The molecular weight excluding hydrogens is 262 g/mol. The van der Waals surface area contributed by atoms with Crippen molar-refractivity contribution in [3.63, 3.8) is 0 Å². The van der Waals surface area contributed by atoms with Gasteiger partial charge in [0.1, 0.15) is 0 Å². The molecule has 0 saturated heterocycles. The summed E-state index contributed by atoms with van der Waals surface area (Å²) in [4.78, 5) is 14.7. The zero-order valence-electron chi connectivity index (χ0n) is 13.5. The summed E-state index contributed by atoms with van der Waals surface area (Å²) < 4.78 is 0. The molecule has 0 heterocycles. The van der Waals surface area contributed by atoms with Crippen molar-refractivity contribution in [2.75, 3.05) is 19.6 Å². The lowest BCUT2D eigenvalue weighted by Gasteiger charge is -2.34. The van der Waals surface area contributed by atoms with Gasteiger partial charge in [-0.25, -0.2) is 0 Å². The van der Waals surface area contributed by atoms with Crippen LogP contribution in [-0.4, -0.2) is 42.5 Å². The number of nitrogens with two attached hydrogens (primary N) is 1. The topological polar surface area (TPSA) is 58.4 Å². The molecule has 3 N–H and O–H groups in total. The van der Waals surface area contributed by atoms with Gasteiger partial charge in [-0.05, 0) is 38.6 Å². The van der Waals surface area contributed by atoms with Crippen molar-refractivity contribution < 1.29 is 4.79 Å². The highest BCUT2D eigenvalue weighted by Gasteiger charge is 2.24. The van der Waals surface area contributed by atoms with Crippen molar-refractivity contribution >= 4 is 5.91 Å². The van der Waals surface area contributed by atoms with E-state index in [9.17, 15) is 4.79 Å². The highest BCUT2D eigenvalue weighted by Crippen LogP contribution is 2.23. The fraction of sp³-hybridized carbons (Fsp3) is 0.941. The van der Waals surface area contributed by atoms with Gasteiger partial charge in [-0.1, -0.05) is 38.5 Å². The lowest BCUT2D eigenvalue weighted by atomic mass is 9.93. The molecule has 0 bridgehead atoms. The lowest BCUT2D eigenvalue weighted by Crippen LogP contribution is -2.47.